The summed E-state index contributed by atoms with van der Waals surface area (Å²) in [5, 5.41) is 25.8. The summed E-state index contributed by atoms with van der Waals surface area (Å²) in [6.07, 6.45) is 1.44. The maximum atomic E-state index is 11.3. The molecule has 0 atom stereocenters. The third-order valence-corrected chi connectivity index (χ3v) is 4.09. The van der Waals surface area contributed by atoms with E-state index in [4.69, 9.17) is 4.52 Å². The van der Waals surface area contributed by atoms with E-state index in [0.717, 1.165) is 18.9 Å². The second kappa shape index (κ2) is 6.22. The van der Waals surface area contributed by atoms with E-state index in [9.17, 15) is 20.2 Å². The Hall–Kier alpha value is -3.04. The van der Waals surface area contributed by atoms with Gasteiger partial charge in [0.2, 0.25) is 5.89 Å². The molecule has 1 aliphatic heterocycles. The molecule has 0 amide bonds. The lowest BCUT2D eigenvalue weighted by Crippen LogP contribution is -2.33. The average Bonchev–Trinajstić information content (AvgIpc) is 3.01. The Morgan fingerprint density at radius 1 is 1.21 bits per heavy atom. The van der Waals surface area contributed by atoms with Crippen molar-refractivity contribution in [1.82, 2.24) is 10.1 Å². The summed E-state index contributed by atoms with van der Waals surface area (Å²) in [6, 6.07) is 3.73. The first-order chi connectivity index (χ1) is 11.5. The summed E-state index contributed by atoms with van der Waals surface area (Å²) in [6.45, 7) is 2.90. The zero-order valence-corrected chi connectivity index (χ0v) is 12.9. The van der Waals surface area contributed by atoms with Crippen LogP contribution in [0.1, 0.15) is 30.5 Å². The minimum absolute atomic E-state index is 0.125. The van der Waals surface area contributed by atoms with Crippen LogP contribution in [0.4, 0.5) is 17.1 Å². The fourth-order valence-corrected chi connectivity index (χ4v) is 2.89. The standard InChI is InChI=1S/C14H15N5O5/c1-9-15-14(24-16-9)10-4-6-17(7-5-10)12-3-2-11(18(20)21)8-13(12)19(22)23/h2-3,8,10H,4-7H2,1H3. The van der Waals surface area contributed by atoms with Crippen molar-refractivity contribution in [3.8, 4) is 0 Å². The Morgan fingerprint density at radius 3 is 2.46 bits per heavy atom. The van der Waals surface area contributed by atoms with Crippen molar-refractivity contribution >= 4 is 17.1 Å². The third kappa shape index (κ3) is 3.03. The number of hydrogen-bond donors (Lipinski definition) is 0. The van der Waals surface area contributed by atoms with Gasteiger partial charge in [0.05, 0.1) is 15.9 Å². The molecule has 1 aromatic heterocycles. The van der Waals surface area contributed by atoms with Crippen molar-refractivity contribution in [2.45, 2.75) is 25.7 Å². The molecule has 10 nitrogen and oxygen atoms in total. The molecule has 1 aliphatic rings. The highest BCUT2D eigenvalue weighted by atomic mass is 16.6. The Labute approximate surface area is 136 Å². The molecule has 3 rings (SSSR count). The van der Waals surface area contributed by atoms with Crippen LogP contribution in [0.2, 0.25) is 0 Å². The molecule has 0 unspecified atom stereocenters. The van der Waals surface area contributed by atoms with E-state index >= 15 is 0 Å². The monoisotopic (exact) mass is 333 g/mol. The van der Waals surface area contributed by atoms with Gasteiger partial charge in [-0.15, -0.1) is 0 Å². The highest BCUT2D eigenvalue weighted by Gasteiger charge is 2.29. The van der Waals surface area contributed by atoms with Crippen molar-refractivity contribution in [3.05, 3.63) is 50.1 Å². The Morgan fingerprint density at radius 2 is 1.92 bits per heavy atom. The van der Waals surface area contributed by atoms with Gasteiger partial charge in [-0.25, -0.2) is 0 Å². The Bertz CT molecular complexity index is 782. The fraction of sp³-hybridized carbons (Fsp3) is 0.429. The van der Waals surface area contributed by atoms with Crippen LogP contribution in [0.15, 0.2) is 22.7 Å². The number of nitrogens with zero attached hydrogens (tertiary/aromatic N) is 5. The summed E-state index contributed by atoms with van der Waals surface area (Å²) in [5.41, 5.74) is -0.149. The quantitative estimate of drug-likeness (QED) is 0.616. The van der Waals surface area contributed by atoms with Gasteiger partial charge < -0.3 is 9.42 Å². The first-order valence-corrected chi connectivity index (χ1v) is 7.43. The summed E-state index contributed by atoms with van der Waals surface area (Å²) in [4.78, 5) is 26.9. The normalized spacial score (nSPS) is 15.5. The van der Waals surface area contributed by atoms with Gasteiger partial charge in [-0.3, -0.25) is 20.2 Å². The van der Waals surface area contributed by atoms with Crippen molar-refractivity contribution in [2.24, 2.45) is 0 Å². The van der Waals surface area contributed by atoms with Gasteiger partial charge in [-0.2, -0.15) is 4.98 Å². The number of aryl methyl sites for hydroxylation is 1. The van der Waals surface area contributed by atoms with Gasteiger partial charge in [0.15, 0.2) is 5.82 Å². The average molecular weight is 333 g/mol. The van der Waals surface area contributed by atoms with E-state index in [2.05, 4.69) is 10.1 Å². The number of nitro groups is 2. The lowest BCUT2D eigenvalue weighted by molar-refractivity contribution is -0.393. The van der Waals surface area contributed by atoms with Gasteiger partial charge in [-0.1, -0.05) is 5.16 Å². The summed E-state index contributed by atoms with van der Waals surface area (Å²) >= 11 is 0. The number of hydrogen-bond acceptors (Lipinski definition) is 8. The SMILES string of the molecule is Cc1noc(C2CCN(c3ccc([N+](=O)[O-])cc3[N+](=O)[O-])CC2)n1. The molecule has 2 heterocycles. The number of benzene rings is 1. The second-order valence-electron chi connectivity index (χ2n) is 5.63. The summed E-state index contributed by atoms with van der Waals surface area (Å²) in [5.74, 6) is 1.29. The van der Waals surface area contributed by atoms with E-state index in [0.29, 0.717) is 30.5 Å². The minimum Gasteiger partial charge on any atom is -0.366 e. The Balaban J connectivity index is 1.78. The highest BCUT2D eigenvalue weighted by molar-refractivity contribution is 5.67. The zero-order valence-electron chi connectivity index (χ0n) is 12.9. The van der Waals surface area contributed by atoms with Gasteiger partial charge >= 0.3 is 0 Å². The molecule has 0 N–H and O–H groups in total. The molecule has 126 valence electrons. The molecule has 10 heteroatoms. The molecule has 24 heavy (non-hydrogen) atoms. The number of aromatic nitrogens is 2. The topological polar surface area (TPSA) is 128 Å². The number of non-ortho nitro benzene ring substituents is 1. The molecule has 0 aliphatic carbocycles. The molecule has 0 spiro atoms. The first-order valence-electron chi connectivity index (χ1n) is 7.43. The van der Waals surface area contributed by atoms with Crippen LogP contribution in [0.3, 0.4) is 0 Å². The maximum Gasteiger partial charge on any atom is 0.299 e. The van der Waals surface area contributed by atoms with Crippen molar-refractivity contribution in [3.63, 3.8) is 0 Å². The van der Waals surface area contributed by atoms with E-state index in [1.807, 2.05) is 4.90 Å². The highest BCUT2D eigenvalue weighted by Crippen LogP contribution is 2.36. The predicted molar refractivity (Wildman–Crippen MR) is 83.0 cm³/mol. The molecular formula is C14H15N5O5. The first kappa shape index (κ1) is 15.8. The molecule has 1 saturated heterocycles. The van der Waals surface area contributed by atoms with Crippen molar-refractivity contribution < 1.29 is 14.4 Å². The lowest BCUT2D eigenvalue weighted by atomic mass is 9.96. The maximum absolute atomic E-state index is 11.3. The molecule has 0 bridgehead atoms. The van der Waals surface area contributed by atoms with Crippen LogP contribution in [-0.2, 0) is 0 Å². The molecule has 0 radical (unpaired) electrons. The van der Waals surface area contributed by atoms with Crippen LogP contribution in [0.25, 0.3) is 0 Å². The zero-order chi connectivity index (χ0) is 17.3. The summed E-state index contributed by atoms with van der Waals surface area (Å²) < 4.78 is 5.19. The van der Waals surface area contributed by atoms with Crippen LogP contribution >= 0.6 is 0 Å². The molecule has 1 fully saturated rings. The molecule has 2 aromatic rings. The van der Waals surface area contributed by atoms with Crippen LogP contribution < -0.4 is 4.90 Å². The van der Waals surface area contributed by atoms with E-state index < -0.39 is 9.85 Å². The van der Waals surface area contributed by atoms with Gasteiger partial charge in [0.25, 0.3) is 11.4 Å². The lowest BCUT2D eigenvalue weighted by Gasteiger charge is -2.31. The predicted octanol–water partition coefficient (Wildman–Crippen LogP) is 2.58. The molecule has 1 aromatic carbocycles. The largest absolute Gasteiger partial charge is 0.366 e. The fourth-order valence-electron chi connectivity index (χ4n) is 2.89. The Kier molecular flexibility index (Phi) is 4.11. The smallest absolute Gasteiger partial charge is 0.299 e. The van der Waals surface area contributed by atoms with Gasteiger partial charge in [0, 0.05) is 25.1 Å². The summed E-state index contributed by atoms with van der Waals surface area (Å²) in [7, 11) is 0. The number of anilines is 1. The number of rotatable bonds is 4. The van der Waals surface area contributed by atoms with E-state index in [1.165, 1.54) is 12.1 Å². The van der Waals surface area contributed by atoms with Crippen molar-refractivity contribution in [1.29, 1.82) is 0 Å². The second-order valence-corrected chi connectivity index (χ2v) is 5.63. The van der Waals surface area contributed by atoms with Crippen LogP contribution in [0.5, 0.6) is 0 Å². The molecular weight excluding hydrogens is 318 g/mol. The van der Waals surface area contributed by atoms with Gasteiger partial charge in [0.1, 0.15) is 5.69 Å². The minimum atomic E-state index is -0.638. The van der Waals surface area contributed by atoms with Crippen molar-refractivity contribution in [2.75, 3.05) is 18.0 Å². The number of piperidine rings is 1. The van der Waals surface area contributed by atoms with E-state index in [1.54, 1.807) is 6.92 Å². The van der Waals surface area contributed by atoms with E-state index in [-0.39, 0.29) is 17.3 Å². The molecule has 0 saturated carbocycles. The van der Waals surface area contributed by atoms with Crippen LogP contribution in [-0.4, -0.2) is 33.1 Å². The third-order valence-electron chi connectivity index (χ3n) is 4.09. The number of nitro benzene ring substituents is 2. The van der Waals surface area contributed by atoms with Crippen LogP contribution in [0, 0.1) is 27.2 Å². The van der Waals surface area contributed by atoms with Gasteiger partial charge in [-0.05, 0) is 25.8 Å².